The van der Waals surface area contributed by atoms with Crippen molar-refractivity contribution in [2.75, 3.05) is 13.5 Å². The van der Waals surface area contributed by atoms with Gasteiger partial charge < -0.3 is 18.9 Å². The number of aromatic nitrogens is 2. The number of rotatable bonds is 5. The molecule has 0 aliphatic heterocycles. The van der Waals surface area contributed by atoms with Gasteiger partial charge in [-0.15, -0.1) is 0 Å². The Morgan fingerprint density at radius 2 is 2.17 bits per heavy atom. The van der Waals surface area contributed by atoms with Crippen LogP contribution >= 0.6 is 7.60 Å². The Kier molecular flexibility index (Phi) is 5.43. The van der Waals surface area contributed by atoms with Crippen LogP contribution in [0.3, 0.4) is 0 Å². The number of nitrogens with one attached hydrogen (secondary N) is 1. The number of aromatic amines is 1. The summed E-state index contributed by atoms with van der Waals surface area (Å²) in [7, 11) is -3.27. The van der Waals surface area contributed by atoms with Crippen molar-refractivity contribution in [3.63, 3.8) is 0 Å². The van der Waals surface area contributed by atoms with E-state index in [0.29, 0.717) is 12.0 Å². The topological polar surface area (TPSA) is 137 Å². The third kappa shape index (κ3) is 4.44. The van der Waals surface area contributed by atoms with E-state index >= 15 is 0 Å². The highest BCUT2D eigenvalue weighted by molar-refractivity contribution is 7.53. The van der Waals surface area contributed by atoms with Crippen LogP contribution in [-0.2, 0) is 18.6 Å². The van der Waals surface area contributed by atoms with Crippen LogP contribution in [0.25, 0.3) is 0 Å². The minimum absolute atomic E-state index is 0.323. The predicted molar refractivity (Wildman–Crippen MR) is 81.9 cm³/mol. The first-order valence-corrected chi connectivity index (χ1v) is 8.69. The molecule has 1 aromatic heterocycles. The number of ether oxygens (including phenoxy) is 2. The van der Waals surface area contributed by atoms with E-state index in [9.17, 15) is 23.8 Å². The summed E-state index contributed by atoms with van der Waals surface area (Å²) in [6.45, 7) is 1.58. The van der Waals surface area contributed by atoms with E-state index in [1.54, 1.807) is 19.1 Å². The maximum atomic E-state index is 11.8. The van der Waals surface area contributed by atoms with Crippen molar-refractivity contribution in [2.45, 2.75) is 25.5 Å². The molecule has 0 saturated heterocycles. The number of H-pyrrole nitrogens is 1. The Bertz CT molecular complexity index is 811. The van der Waals surface area contributed by atoms with Gasteiger partial charge in [-0.3, -0.25) is 14.3 Å². The number of allylic oxidation sites excluding steroid dienone is 1. The maximum Gasteiger partial charge on any atom is 0.514 e. The first-order valence-electron chi connectivity index (χ1n) is 6.93. The lowest BCUT2D eigenvalue weighted by molar-refractivity contribution is 0.0854. The number of methoxy groups -OCH3 is 1. The summed E-state index contributed by atoms with van der Waals surface area (Å²) in [4.78, 5) is 45.7. The number of aryl methyl sites for hydroxylation is 1. The van der Waals surface area contributed by atoms with Crippen molar-refractivity contribution in [1.82, 2.24) is 9.55 Å². The van der Waals surface area contributed by atoms with Gasteiger partial charge in [0, 0.05) is 18.2 Å². The zero-order valence-electron chi connectivity index (χ0n) is 13.0. The highest BCUT2D eigenvalue weighted by Crippen LogP contribution is 2.43. The molecule has 24 heavy (non-hydrogen) atoms. The van der Waals surface area contributed by atoms with Gasteiger partial charge in [-0.25, -0.2) is 14.2 Å². The van der Waals surface area contributed by atoms with E-state index < -0.39 is 37.5 Å². The monoisotopic (exact) mass is 360 g/mol. The molecule has 0 spiro atoms. The lowest BCUT2D eigenvalue weighted by Crippen LogP contribution is -2.32. The summed E-state index contributed by atoms with van der Waals surface area (Å²) in [5, 5.41) is 0. The fraction of sp³-hybridized carbons (Fsp3) is 0.462. The Labute approximate surface area is 136 Å². The number of carbonyl (C=O) groups is 1. The zero-order valence-corrected chi connectivity index (χ0v) is 13.9. The second-order valence-corrected chi connectivity index (χ2v) is 6.90. The van der Waals surface area contributed by atoms with Crippen LogP contribution in [0, 0.1) is 6.92 Å². The molecular formula is C13H17N2O8P. The Morgan fingerprint density at radius 1 is 1.46 bits per heavy atom. The number of hydrogen-bond acceptors (Lipinski definition) is 7. The van der Waals surface area contributed by atoms with E-state index in [2.05, 4.69) is 14.2 Å². The van der Waals surface area contributed by atoms with E-state index in [4.69, 9.17) is 4.74 Å². The van der Waals surface area contributed by atoms with Crippen LogP contribution in [0.1, 0.15) is 18.0 Å². The molecule has 0 fully saturated rings. The molecule has 1 unspecified atom stereocenters. The summed E-state index contributed by atoms with van der Waals surface area (Å²) >= 11 is 0. The van der Waals surface area contributed by atoms with Crippen LogP contribution in [0.2, 0.25) is 0 Å². The van der Waals surface area contributed by atoms with Crippen molar-refractivity contribution in [1.29, 1.82) is 0 Å². The summed E-state index contributed by atoms with van der Waals surface area (Å²) in [6.07, 6.45) is 2.54. The summed E-state index contributed by atoms with van der Waals surface area (Å²) in [6, 6.07) is -0.363. The molecule has 1 aliphatic rings. The molecule has 11 heteroatoms. The van der Waals surface area contributed by atoms with E-state index in [1.165, 1.54) is 10.8 Å². The molecule has 0 amide bonds. The van der Waals surface area contributed by atoms with Gasteiger partial charge in [0.15, 0.2) is 6.35 Å². The van der Waals surface area contributed by atoms with Gasteiger partial charge in [0.25, 0.3) is 5.56 Å². The second-order valence-electron chi connectivity index (χ2n) is 5.18. The van der Waals surface area contributed by atoms with Gasteiger partial charge in [-0.1, -0.05) is 12.2 Å². The Hall–Kier alpha value is -2.16. The molecule has 0 aromatic carbocycles. The quantitative estimate of drug-likeness (QED) is 0.444. The van der Waals surface area contributed by atoms with E-state index in [-0.39, 0.29) is 6.04 Å². The van der Waals surface area contributed by atoms with Crippen LogP contribution in [0.4, 0.5) is 4.79 Å². The predicted octanol–water partition coefficient (Wildman–Crippen LogP) is 0.657. The van der Waals surface area contributed by atoms with Crippen molar-refractivity contribution < 1.29 is 28.3 Å². The van der Waals surface area contributed by atoms with Crippen LogP contribution in [0.15, 0.2) is 27.9 Å². The standard InChI is InChI=1S/C13H17N2O8P/c1-8-6-15(12(17)14-11(8)16)9-3-4-10(5-9)22-7-24(19,20)23-13(18)21-2/h3-4,6,9-10H,5,7H2,1-2H3,(H,19,20)(H,14,16,17)/t9-,10+/m0/s1. The summed E-state index contributed by atoms with van der Waals surface area (Å²) in [5.41, 5.74) is -0.617. The highest BCUT2D eigenvalue weighted by Gasteiger charge is 2.29. The number of carbonyl (C=O) groups excluding carboxylic acids is 1. The van der Waals surface area contributed by atoms with E-state index in [0.717, 1.165) is 7.11 Å². The largest absolute Gasteiger partial charge is 0.514 e. The average molecular weight is 360 g/mol. The summed E-state index contributed by atoms with van der Waals surface area (Å²) < 4.78 is 26.6. The molecule has 1 aliphatic carbocycles. The fourth-order valence-electron chi connectivity index (χ4n) is 2.18. The molecule has 2 rings (SSSR count). The lowest BCUT2D eigenvalue weighted by Gasteiger charge is -2.17. The van der Waals surface area contributed by atoms with Gasteiger partial charge in [0.1, 0.15) is 0 Å². The van der Waals surface area contributed by atoms with Crippen LogP contribution in [0.5, 0.6) is 0 Å². The highest BCUT2D eigenvalue weighted by atomic mass is 31.2. The zero-order chi connectivity index (χ0) is 17.9. The van der Waals surface area contributed by atoms with Gasteiger partial charge in [0.05, 0.1) is 19.3 Å². The third-order valence-electron chi connectivity index (χ3n) is 3.36. The second kappa shape index (κ2) is 7.16. The SMILES string of the molecule is COC(=O)OP(=O)(O)CO[C@@H]1C=C[C@H](n2cc(C)c(=O)[nH]c2=O)C1. The van der Waals surface area contributed by atoms with E-state index in [1.807, 2.05) is 0 Å². The van der Waals surface area contributed by atoms with Gasteiger partial charge in [-0.05, 0) is 6.92 Å². The molecule has 0 saturated carbocycles. The molecule has 0 radical (unpaired) electrons. The van der Waals surface area contributed by atoms with Crippen LogP contribution < -0.4 is 11.2 Å². The molecule has 0 bridgehead atoms. The number of hydrogen-bond donors (Lipinski definition) is 2. The lowest BCUT2D eigenvalue weighted by atomic mass is 10.2. The molecule has 10 nitrogen and oxygen atoms in total. The normalized spacial score (nSPS) is 22.1. The number of nitrogens with zero attached hydrogens (tertiary/aromatic N) is 1. The molecule has 1 heterocycles. The third-order valence-corrected chi connectivity index (χ3v) is 4.27. The molecule has 2 N–H and O–H groups in total. The Balaban J connectivity index is 1.97. The molecular weight excluding hydrogens is 343 g/mol. The molecule has 1 aromatic rings. The molecule has 132 valence electrons. The smallest absolute Gasteiger partial charge is 0.437 e. The molecule has 3 atom stereocenters. The van der Waals surface area contributed by atoms with Gasteiger partial charge >= 0.3 is 19.4 Å². The minimum atomic E-state index is -4.28. The van der Waals surface area contributed by atoms with Crippen molar-refractivity contribution in [3.8, 4) is 0 Å². The summed E-state index contributed by atoms with van der Waals surface area (Å²) in [5.74, 6) is 0. The van der Waals surface area contributed by atoms with Gasteiger partial charge in [0.2, 0.25) is 0 Å². The van der Waals surface area contributed by atoms with Crippen molar-refractivity contribution in [2.24, 2.45) is 0 Å². The Morgan fingerprint density at radius 3 is 2.83 bits per heavy atom. The van der Waals surface area contributed by atoms with Crippen LogP contribution in [-0.4, -0.2) is 40.2 Å². The maximum absolute atomic E-state index is 11.8. The first kappa shape index (κ1) is 18.2. The van der Waals surface area contributed by atoms with Crippen molar-refractivity contribution in [3.05, 3.63) is 44.8 Å². The fourth-order valence-corrected chi connectivity index (χ4v) is 2.92. The minimum Gasteiger partial charge on any atom is -0.437 e. The average Bonchev–Trinajstić information content (AvgIpc) is 2.97. The van der Waals surface area contributed by atoms with Gasteiger partial charge in [-0.2, -0.15) is 0 Å². The first-order chi connectivity index (χ1) is 11.2. The van der Waals surface area contributed by atoms with Crippen molar-refractivity contribution >= 4 is 13.8 Å².